The molecule has 0 aliphatic heterocycles. The van der Waals surface area contributed by atoms with Crippen molar-refractivity contribution < 1.29 is 80.2 Å². The lowest BCUT2D eigenvalue weighted by molar-refractivity contribution is -0.161. The molecule has 0 fully saturated rings. The average Bonchev–Trinajstić information content (AvgIpc) is 1.04. The van der Waals surface area contributed by atoms with Gasteiger partial charge in [0, 0.05) is 25.7 Å². The first-order valence-corrected chi connectivity index (χ1v) is 43.2. The van der Waals surface area contributed by atoms with E-state index in [2.05, 4.69) is 64.2 Å². The van der Waals surface area contributed by atoms with Gasteiger partial charge in [0.1, 0.15) is 19.3 Å². The number of rotatable bonds is 77. The molecule has 0 aliphatic rings. The summed E-state index contributed by atoms with van der Waals surface area (Å²) < 4.78 is 68.6. The number of allylic oxidation sites excluding steroid dienone is 6. The van der Waals surface area contributed by atoms with Gasteiger partial charge in [0.2, 0.25) is 0 Å². The van der Waals surface area contributed by atoms with E-state index in [4.69, 9.17) is 37.0 Å². The third-order valence-corrected chi connectivity index (χ3v) is 19.5. The normalized spacial score (nSPS) is 14.1. The van der Waals surface area contributed by atoms with Gasteiger partial charge in [-0.2, -0.15) is 0 Å². The SMILES string of the molecule is CCCCCC/C=C\CCCCCCCCCC(=O)OC[C@H](COP(=O)(O)OC[C@@H](O)COP(=O)(O)OC[C@@H](COC(=O)CCCCCCCCCCCCCCC)OC(=O)CCCCCCCCC/C=C\CCCCCC)OC(=O)CCCCCCC/C=C\CCCCCCCC. The van der Waals surface area contributed by atoms with Crippen molar-refractivity contribution in [2.75, 3.05) is 39.6 Å². The van der Waals surface area contributed by atoms with Crippen molar-refractivity contribution in [3.8, 4) is 0 Å². The highest BCUT2D eigenvalue weighted by molar-refractivity contribution is 7.47. The van der Waals surface area contributed by atoms with Crippen molar-refractivity contribution in [3.05, 3.63) is 36.5 Å². The van der Waals surface area contributed by atoms with E-state index < -0.39 is 97.5 Å². The standard InChI is InChI=1S/C79H148O17P2/c1-5-9-13-17-21-25-29-33-36-40-44-48-52-56-60-64-77(82)90-70-75(96-79(84)66-62-58-54-50-46-42-38-35-31-27-23-19-15-11-7-3)72-94-98(87,88)92-68-73(80)67-91-97(85,86)93-71-74(69-89-76(81)63-59-55-51-47-43-39-32-28-24-20-16-12-8-4)95-78(83)65-61-57-53-49-45-41-37-34-30-26-22-18-14-10-6-2/h25-26,29-30,35,38,73-75,80H,5-24,27-28,31-34,36-37,39-72H2,1-4H3,(H,85,86)(H,87,88)/b29-25-,30-26-,38-35-/t73-,74+,75+/m0/s1. The monoisotopic (exact) mass is 1430 g/mol. The lowest BCUT2D eigenvalue weighted by Gasteiger charge is -2.21. The fraction of sp³-hybridized carbons (Fsp3) is 0.873. The molecule has 0 radical (unpaired) electrons. The highest BCUT2D eigenvalue weighted by atomic mass is 31.2. The van der Waals surface area contributed by atoms with E-state index in [-0.39, 0.29) is 25.7 Å². The molecule has 0 amide bonds. The van der Waals surface area contributed by atoms with Crippen LogP contribution < -0.4 is 0 Å². The molecular formula is C79H148O17P2. The minimum atomic E-state index is -4.97. The zero-order valence-electron chi connectivity index (χ0n) is 63.0. The molecule has 19 heteroatoms. The molecule has 2 unspecified atom stereocenters. The summed E-state index contributed by atoms with van der Waals surface area (Å²) in [6.07, 6.45) is 68.3. The first kappa shape index (κ1) is 95.3. The Bertz CT molecular complexity index is 2000. The van der Waals surface area contributed by atoms with Crippen molar-refractivity contribution in [1.29, 1.82) is 0 Å². The summed E-state index contributed by atoms with van der Waals surface area (Å²) >= 11 is 0. The van der Waals surface area contributed by atoms with Crippen molar-refractivity contribution >= 4 is 39.5 Å². The van der Waals surface area contributed by atoms with Gasteiger partial charge in [0.05, 0.1) is 26.4 Å². The molecule has 0 aromatic carbocycles. The number of esters is 4. The number of aliphatic hydroxyl groups is 1. The number of carbonyl (C=O) groups excluding carboxylic acids is 4. The Hall–Kier alpha value is -2.72. The molecule has 5 atom stereocenters. The van der Waals surface area contributed by atoms with Crippen LogP contribution in [0.3, 0.4) is 0 Å². The second-order valence-corrected chi connectivity index (χ2v) is 30.3. The maximum absolute atomic E-state index is 13.1. The lowest BCUT2D eigenvalue weighted by atomic mass is 10.0. The van der Waals surface area contributed by atoms with E-state index in [0.29, 0.717) is 25.7 Å². The molecule has 0 rings (SSSR count). The summed E-state index contributed by atoms with van der Waals surface area (Å²) in [7, 11) is -9.93. The molecule has 17 nitrogen and oxygen atoms in total. The summed E-state index contributed by atoms with van der Waals surface area (Å²) in [6.45, 7) is 4.92. The Kier molecular flexibility index (Phi) is 70.6. The molecule has 0 heterocycles. The van der Waals surface area contributed by atoms with Gasteiger partial charge in [-0.05, 0) is 103 Å². The highest BCUT2D eigenvalue weighted by Crippen LogP contribution is 2.45. The van der Waals surface area contributed by atoms with Gasteiger partial charge in [-0.1, -0.05) is 295 Å². The van der Waals surface area contributed by atoms with Crippen molar-refractivity contribution in [2.45, 2.75) is 406 Å². The summed E-state index contributed by atoms with van der Waals surface area (Å²) in [6, 6.07) is 0. The number of ether oxygens (including phenoxy) is 4. The van der Waals surface area contributed by atoms with Crippen molar-refractivity contribution in [2.24, 2.45) is 0 Å². The molecular weight excluding hydrogens is 1280 g/mol. The second-order valence-electron chi connectivity index (χ2n) is 27.4. The Morgan fingerprint density at radius 2 is 0.469 bits per heavy atom. The van der Waals surface area contributed by atoms with E-state index in [1.165, 1.54) is 161 Å². The Balaban J connectivity index is 5.31. The number of aliphatic hydroxyl groups excluding tert-OH is 1. The fourth-order valence-corrected chi connectivity index (χ4v) is 13.0. The van der Waals surface area contributed by atoms with Crippen LogP contribution in [-0.4, -0.2) is 96.7 Å². The van der Waals surface area contributed by atoms with Crippen LogP contribution in [0.1, 0.15) is 387 Å². The van der Waals surface area contributed by atoms with Gasteiger partial charge in [-0.25, -0.2) is 9.13 Å². The van der Waals surface area contributed by atoms with Gasteiger partial charge >= 0.3 is 39.5 Å². The third-order valence-electron chi connectivity index (χ3n) is 17.6. The topological polar surface area (TPSA) is 237 Å². The van der Waals surface area contributed by atoms with Gasteiger partial charge in [-0.3, -0.25) is 37.3 Å². The predicted octanol–water partition coefficient (Wildman–Crippen LogP) is 23.1. The smallest absolute Gasteiger partial charge is 0.462 e. The molecule has 0 aromatic rings. The number of hydrogen-bond acceptors (Lipinski definition) is 15. The van der Waals surface area contributed by atoms with Gasteiger partial charge < -0.3 is 33.8 Å². The largest absolute Gasteiger partial charge is 0.472 e. The molecule has 3 N–H and O–H groups in total. The van der Waals surface area contributed by atoms with Crippen LogP contribution >= 0.6 is 15.6 Å². The van der Waals surface area contributed by atoms with Crippen molar-refractivity contribution in [1.82, 2.24) is 0 Å². The highest BCUT2D eigenvalue weighted by Gasteiger charge is 2.30. The van der Waals surface area contributed by atoms with Crippen LogP contribution in [0.2, 0.25) is 0 Å². The third kappa shape index (κ3) is 71.7. The zero-order valence-corrected chi connectivity index (χ0v) is 64.8. The first-order valence-electron chi connectivity index (χ1n) is 40.2. The Morgan fingerprint density at radius 1 is 0.276 bits per heavy atom. The van der Waals surface area contributed by atoms with Crippen LogP contribution in [0.4, 0.5) is 0 Å². The van der Waals surface area contributed by atoms with Crippen molar-refractivity contribution in [3.63, 3.8) is 0 Å². The van der Waals surface area contributed by atoms with E-state index in [0.717, 1.165) is 148 Å². The van der Waals surface area contributed by atoms with Crippen LogP contribution in [0.5, 0.6) is 0 Å². The maximum atomic E-state index is 13.1. The Morgan fingerprint density at radius 3 is 0.714 bits per heavy atom. The minimum Gasteiger partial charge on any atom is -0.462 e. The number of carbonyl (C=O) groups is 4. The number of unbranched alkanes of at least 4 members (excludes halogenated alkanes) is 45. The van der Waals surface area contributed by atoms with E-state index in [1.807, 2.05) is 0 Å². The summed E-state index contributed by atoms with van der Waals surface area (Å²) in [5.74, 6) is -2.15. The second kappa shape index (κ2) is 72.6. The summed E-state index contributed by atoms with van der Waals surface area (Å²) in [5.41, 5.74) is 0. The fourth-order valence-electron chi connectivity index (χ4n) is 11.4. The lowest BCUT2D eigenvalue weighted by Crippen LogP contribution is -2.30. The quantitative estimate of drug-likeness (QED) is 0.0169. The average molecular weight is 1430 g/mol. The molecule has 0 bridgehead atoms. The maximum Gasteiger partial charge on any atom is 0.472 e. The van der Waals surface area contributed by atoms with Gasteiger partial charge in [-0.15, -0.1) is 0 Å². The molecule has 0 spiro atoms. The van der Waals surface area contributed by atoms with Crippen LogP contribution in [0.15, 0.2) is 36.5 Å². The molecule has 576 valence electrons. The van der Waals surface area contributed by atoms with Crippen LogP contribution in [-0.2, 0) is 65.4 Å². The molecule has 0 saturated heterocycles. The first-order chi connectivity index (χ1) is 47.7. The zero-order chi connectivity index (χ0) is 71.8. The summed E-state index contributed by atoms with van der Waals surface area (Å²) in [5, 5.41) is 10.6. The molecule has 98 heavy (non-hydrogen) atoms. The van der Waals surface area contributed by atoms with E-state index in [9.17, 15) is 43.2 Å². The van der Waals surface area contributed by atoms with E-state index >= 15 is 0 Å². The molecule has 0 aliphatic carbocycles. The van der Waals surface area contributed by atoms with Crippen LogP contribution in [0, 0.1) is 0 Å². The van der Waals surface area contributed by atoms with Crippen LogP contribution in [0.25, 0.3) is 0 Å². The number of phosphoric acid groups is 2. The van der Waals surface area contributed by atoms with Gasteiger partial charge in [0.25, 0.3) is 0 Å². The number of phosphoric ester groups is 2. The number of hydrogen-bond donors (Lipinski definition) is 3. The minimum absolute atomic E-state index is 0.0908. The molecule has 0 saturated carbocycles. The predicted molar refractivity (Wildman–Crippen MR) is 400 cm³/mol. The Labute approximate surface area is 598 Å². The molecule has 0 aromatic heterocycles. The summed E-state index contributed by atoms with van der Waals surface area (Å²) in [4.78, 5) is 72.9. The van der Waals surface area contributed by atoms with Gasteiger partial charge in [0.15, 0.2) is 12.2 Å². The van der Waals surface area contributed by atoms with E-state index in [1.54, 1.807) is 0 Å².